The topological polar surface area (TPSA) is 107 Å². The second-order valence-electron chi connectivity index (χ2n) is 10.8. The van der Waals surface area contributed by atoms with Gasteiger partial charge in [-0.05, 0) is 60.6 Å². The van der Waals surface area contributed by atoms with Crippen molar-refractivity contribution in [3.8, 4) is 0 Å². The predicted octanol–water partition coefficient (Wildman–Crippen LogP) is 5.55. The Balaban J connectivity index is 1.46. The first-order chi connectivity index (χ1) is 20.9. The van der Waals surface area contributed by atoms with Crippen molar-refractivity contribution in [2.24, 2.45) is 0 Å². The monoisotopic (exact) mass is 637 g/mol. The van der Waals surface area contributed by atoms with Gasteiger partial charge in [0.25, 0.3) is 5.91 Å². The van der Waals surface area contributed by atoms with Crippen molar-refractivity contribution in [2.75, 3.05) is 11.4 Å². The maximum absolute atomic E-state index is 14.5. The van der Waals surface area contributed by atoms with E-state index in [1.807, 2.05) is 24.3 Å². The van der Waals surface area contributed by atoms with Crippen LogP contribution in [0.3, 0.4) is 0 Å². The molecular weight excluding hydrogens is 609 g/mol. The molecule has 1 saturated heterocycles. The number of hydrogen-bond donors (Lipinski definition) is 2. The summed E-state index contributed by atoms with van der Waals surface area (Å²) in [6.45, 7) is -0.472. The van der Waals surface area contributed by atoms with E-state index in [1.165, 1.54) is 41.1 Å². The maximum atomic E-state index is 14.5. The Morgan fingerprint density at radius 1 is 0.818 bits per heavy atom. The SMILES string of the molecule is O=C(NO)c1ccc(N(Cc2ccc(C3CCCCC3)cc2)C(=O)[C@H]2CCN2S(=O)(=O)c2c(F)c(F)c(F)c(F)c2F)cc1. The largest absolute Gasteiger partial charge is 0.307 e. The number of carbonyl (C=O) groups excluding carboxylic acids is 2. The van der Waals surface area contributed by atoms with Crippen LogP contribution < -0.4 is 10.4 Å². The highest BCUT2D eigenvalue weighted by molar-refractivity contribution is 7.89. The van der Waals surface area contributed by atoms with E-state index >= 15 is 0 Å². The molecule has 2 fully saturated rings. The van der Waals surface area contributed by atoms with Crippen molar-refractivity contribution >= 4 is 27.5 Å². The lowest BCUT2D eigenvalue weighted by Gasteiger charge is -2.41. The fourth-order valence-corrected chi connectivity index (χ4v) is 7.42. The molecule has 1 heterocycles. The molecule has 2 aliphatic rings. The maximum Gasteiger partial charge on any atom is 0.274 e. The molecule has 0 aromatic heterocycles. The molecule has 44 heavy (non-hydrogen) atoms. The van der Waals surface area contributed by atoms with Gasteiger partial charge in [0.05, 0.1) is 6.54 Å². The van der Waals surface area contributed by atoms with Crippen molar-refractivity contribution in [2.45, 2.75) is 61.9 Å². The van der Waals surface area contributed by atoms with Gasteiger partial charge in [-0.3, -0.25) is 14.8 Å². The molecule has 1 atom stereocenters. The Morgan fingerprint density at radius 3 is 1.91 bits per heavy atom. The highest BCUT2D eigenvalue weighted by Crippen LogP contribution is 2.36. The molecule has 1 saturated carbocycles. The third-order valence-corrected chi connectivity index (χ3v) is 10.1. The fourth-order valence-electron chi connectivity index (χ4n) is 5.67. The molecule has 5 rings (SSSR count). The van der Waals surface area contributed by atoms with Crippen LogP contribution in [0.15, 0.2) is 53.4 Å². The van der Waals surface area contributed by atoms with Crippen molar-refractivity contribution < 1.29 is 45.2 Å². The molecule has 0 spiro atoms. The van der Waals surface area contributed by atoms with E-state index in [1.54, 1.807) is 0 Å². The van der Waals surface area contributed by atoms with Gasteiger partial charge >= 0.3 is 0 Å². The highest BCUT2D eigenvalue weighted by atomic mass is 32.2. The van der Waals surface area contributed by atoms with Crippen LogP contribution in [-0.2, 0) is 21.4 Å². The average Bonchev–Trinajstić information content (AvgIpc) is 3.01. The second kappa shape index (κ2) is 12.6. The molecule has 3 aromatic rings. The van der Waals surface area contributed by atoms with Gasteiger partial charge in [-0.2, -0.15) is 4.31 Å². The Labute approximate surface area is 250 Å². The minimum Gasteiger partial charge on any atom is -0.307 e. The molecule has 2 amide bonds. The summed E-state index contributed by atoms with van der Waals surface area (Å²) < 4.78 is 97.1. The molecule has 0 radical (unpaired) electrons. The lowest BCUT2D eigenvalue weighted by atomic mass is 9.84. The first-order valence-electron chi connectivity index (χ1n) is 13.9. The van der Waals surface area contributed by atoms with Crippen molar-refractivity contribution in [1.29, 1.82) is 0 Å². The zero-order chi connectivity index (χ0) is 31.8. The Hall–Kier alpha value is -3.88. The smallest absolute Gasteiger partial charge is 0.274 e. The summed E-state index contributed by atoms with van der Waals surface area (Å²) in [5.41, 5.74) is 3.59. The normalized spacial score (nSPS) is 17.6. The number of sulfonamides is 1. The average molecular weight is 638 g/mol. The second-order valence-corrected chi connectivity index (χ2v) is 12.6. The van der Waals surface area contributed by atoms with Crippen LogP contribution >= 0.6 is 0 Å². The number of benzene rings is 3. The molecule has 0 unspecified atom stereocenters. The van der Waals surface area contributed by atoms with E-state index in [4.69, 9.17) is 5.21 Å². The van der Waals surface area contributed by atoms with E-state index in [0.717, 1.165) is 31.2 Å². The molecule has 1 aliphatic carbocycles. The number of hydrogen-bond acceptors (Lipinski definition) is 5. The van der Waals surface area contributed by atoms with Crippen LogP contribution in [0.2, 0.25) is 0 Å². The van der Waals surface area contributed by atoms with Crippen LogP contribution in [-0.4, -0.2) is 42.3 Å². The highest BCUT2D eigenvalue weighted by Gasteiger charge is 2.48. The first-order valence-corrected chi connectivity index (χ1v) is 15.4. The molecule has 1 aliphatic heterocycles. The summed E-state index contributed by atoms with van der Waals surface area (Å²) in [4.78, 5) is 24.9. The van der Waals surface area contributed by atoms with E-state index in [2.05, 4.69) is 0 Å². The molecule has 234 valence electrons. The van der Waals surface area contributed by atoms with Gasteiger partial charge in [0, 0.05) is 17.8 Å². The number of halogens is 5. The molecular formula is C30H28F5N3O5S. The summed E-state index contributed by atoms with van der Waals surface area (Å²) in [6.07, 6.45) is 5.55. The minimum absolute atomic E-state index is 0.0552. The van der Waals surface area contributed by atoms with Gasteiger partial charge in [0.15, 0.2) is 28.2 Å². The van der Waals surface area contributed by atoms with Crippen molar-refractivity contribution in [3.05, 3.63) is 94.3 Å². The van der Waals surface area contributed by atoms with Crippen LogP contribution in [0, 0.1) is 29.1 Å². The summed E-state index contributed by atoms with van der Waals surface area (Å²) >= 11 is 0. The third kappa shape index (κ3) is 5.81. The fraction of sp³-hybridized carbons (Fsp3) is 0.333. The number of carbonyl (C=O) groups is 2. The van der Waals surface area contributed by atoms with Crippen LogP contribution in [0.4, 0.5) is 27.6 Å². The number of nitrogens with zero attached hydrogens (tertiary/aromatic N) is 2. The summed E-state index contributed by atoms with van der Waals surface area (Å²) in [5, 5.41) is 8.92. The van der Waals surface area contributed by atoms with Crippen LogP contribution in [0.25, 0.3) is 0 Å². The van der Waals surface area contributed by atoms with Gasteiger partial charge in [-0.1, -0.05) is 43.5 Å². The molecule has 3 aromatic carbocycles. The van der Waals surface area contributed by atoms with E-state index < -0.39 is 68.4 Å². The zero-order valence-electron chi connectivity index (χ0n) is 23.2. The standard InChI is InChI=1S/C30H28F5N3O5S/c31-23-24(32)26(34)28(27(35)25(23)33)44(42,43)38-15-14-22(38)30(40)37(21-12-10-20(11-13-21)29(39)36-41)16-17-6-8-19(9-7-17)18-4-2-1-3-5-18/h6-13,18,22,41H,1-5,14-16H2,(H,36,39)/t22-/m1/s1. The van der Waals surface area contributed by atoms with Gasteiger partial charge < -0.3 is 4.90 Å². The lowest BCUT2D eigenvalue weighted by molar-refractivity contribution is -0.125. The van der Waals surface area contributed by atoms with Gasteiger partial charge in [-0.15, -0.1) is 0 Å². The molecule has 2 N–H and O–H groups in total. The molecule has 14 heteroatoms. The number of nitrogens with one attached hydrogen (secondary N) is 1. The number of amides is 2. The van der Waals surface area contributed by atoms with Crippen molar-refractivity contribution in [1.82, 2.24) is 9.79 Å². The summed E-state index contributed by atoms with van der Waals surface area (Å²) in [6, 6.07) is 11.5. The van der Waals surface area contributed by atoms with Gasteiger partial charge in [0.2, 0.25) is 21.7 Å². The minimum atomic E-state index is -5.34. The number of rotatable bonds is 8. The van der Waals surface area contributed by atoms with E-state index in [9.17, 15) is 40.0 Å². The van der Waals surface area contributed by atoms with Crippen molar-refractivity contribution in [3.63, 3.8) is 0 Å². The zero-order valence-corrected chi connectivity index (χ0v) is 24.0. The van der Waals surface area contributed by atoms with E-state index in [-0.39, 0.29) is 24.2 Å². The molecule has 0 bridgehead atoms. The van der Waals surface area contributed by atoms with Crippen LogP contribution in [0.5, 0.6) is 0 Å². The predicted molar refractivity (Wildman–Crippen MR) is 148 cm³/mol. The Bertz CT molecular complexity index is 1650. The van der Waals surface area contributed by atoms with Crippen LogP contribution in [0.1, 0.15) is 65.9 Å². The number of hydroxylamine groups is 1. The lowest BCUT2D eigenvalue weighted by Crippen LogP contribution is -2.59. The first kappa shape index (κ1) is 31.5. The third-order valence-electron chi connectivity index (χ3n) is 8.20. The molecule has 8 nitrogen and oxygen atoms in total. The Kier molecular flexibility index (Phi) is 9.05. The quantitative estimate of drug-likeness (QED) is 0.111. The van der Waals surface area contributed by atoms with Gasteiger partial charge in [-0.25, -0.2) is 35.8 Å². The van der Waals surface area contributed by atoms with Gasteiger partial charge in [0.1, 0.15) is 6.04 Å². The summed E-state index contributed by atoms with van der Waals surface area (Å²) in [7, 11) is -5.34. The van der Waals surface area contributed by atoms with E-state index in [0.29, 0.717) is 15.8 Å². The number of anilines is 1. The summed E-state index contributed by atoms with van der Waals surface area (Å²) in [5.74, 6) is -13.6. The Morgan fingerprint density at radius 2 is 1.39 bits per heavy atom.